The number of nitrogens with zero attached hydrogens (tertiary/aromatic N) is 2. The molecule has 0 bridgehead atoms. The minimum Gasteiger partial charge on any atom is -0.376 e. The molecule has 3 heteroatoms. The van der Waals surface area contributed by atoms with Crippen molar-refractivity contribution in [3.63, 3.8) is 0 Å². The Balaban J connectivity index is 2.90. The predicted octanol–water partition coefficient (Wildman–Crippen LogP) is 0.956. The predicted molar refractivity (Wildman–Crippen MR) is 38.5 cm³/mol. The first-order valence-electron chi connectivity index (χ1n) is 3.37. The van der Waals surface area contributed by atoms with Gasteiger partial charge >= 0.3 is 0 Å². The summed E-state index contributed by atoms with van der Waals surface area (Å²) in [5, 5.41) is 8.78. The Morgan fingerprint density at radius 1 is 1.70 bits per heavy atom. The van der Waals surface area contributed by atoms with E-state index in [9.17, 15) is 0 Å². The van der Waals surface area contributed by atoms with Gasteiger partial charge in [0.05, 0.1) is 0 Å². The lowest BCUT2D eigenvalue weighted by atomic mass is 10.2. The summed E-state index contributed by atoms with van der Waals surface area (Å²) in [4.78, 5) is 4.09. The smallest absolute Gasteiger partial charge is 0.120 e. The van der Waals surface area contributed by atoms with E-state index in [0.717, 1.165) is 5.82 Å². The number of imidazole rings is 1. The van der Waals surface area contributed by atoms with Gasteiger partial charge in [-0.15, -0.1) is 0 Å². The summed E-state index contributed by atoms with van der Waals surface area (Å²) >= 11 is 0. The number of aliphatic hydroxyl groups is 1. The number of hydrogen-bond acceptors (Lipinski definition) is 2. The third-order valence-electron chi connectivity index (χ3n) is 1.42. The lowest BCUT2D eigenvalue weighted by Crippen LogP contribution is -2.03. The standard InChI is InChI=1S/C7H12N2O/c1-6(2)7-8-3-4-9(7)5-10/h3-4,6,10H,5H2,1-2H3. The molecular formula is C7H12N2O. The average Bonchev–Trinajstić information content (AvgIpc) is 2.33. The lowest BCUT2D eigenvalue weighted by molar-refractivity contribution is 0.205. The Kier molecular flexibility index (Phi) is 2.06. The SMILES string of the molecule is CC(C)c1nccn1CO. The van der Waals surface area contributed by atoms with Crippen molar-refractivity contribution in [3.05, 3.63) is 18.2 Å². The van der Waals surface area contributed by atoms with E-state index >= 15 is 0 Å². The molecule has 10 heavy (non-hydrogen) atoms. The molecule has 1 rings (SSSR count). The van der Waals surface area contributed by atoms with Gasteiger partial charge in [-0.1, -0.05) is 13.8 Å². The first kappa shape index (κ1) is 7.28. The van der Waals surface area contributed by atoms with Gasteiger partial charge in [-0.05, 0) is 0 Å². The van der Waals surface area contributed by atoms with Crippen molar-refractivity contribution >= 4 is 0 Å². The molecule has 0 amide bonds. The molecule has 0 spiro atoms. The molecule has 0 radical (unpaired) electrons. The third-order valence-corrected chi connectivity index (χ3v) is 1.42. The minimum atomic E-state index is 0.0213. The number of rotatable bonds is 2. The summed E-state index contributed by atoms with van der Waals surface area (Å²) in [5.74, 6) is 1.31. The molecule has 0 unspecified atom stereocenters. The van der Waals surface area contributed by atoms with Crippen molar-refractivity contribution < 1.29 is 5.11 Å². The van der Waals surface area contributed by atoms with Gasteiger partial charge in [0.25, 0.3) is 0 Å². The maximum Gasteiger partial charge on any atom is 0.120 e. The number of hydrogen-bond donors (Lipinski definition) is 1. The van der Waals surface area contributed by atoms with Crippen molar-refractivity contribution in [3.8, 4) is 0 Å². The summed E-state index contributed by atoms with van der Waals surface area (Å²) in [6, 6.07) is 0. The topological polar surface area (TPSA) is 38.0 Å². The minimum absolute atomic E-state index is 0.0213. The van der Waals surface area contributed by atoms with Crippen molar-refractivity contribution in [1.29, 1.82) is 0 Å². The molecule has 1 aromatic heterocycles. The van der Waals surface area contributed by atoms with Gasteiger partial charge in [-0.25, -0.2) is 4.98 Å². The van der Waals surface area contributed by atoms with Gasteiger partial charge in [0.1, 0.15) is 12.6 Å². The van der Waals surface area contributed by atoms with Crippen LogP contribution in [0.1, 0.15) is 25.6 Å². The van der Waals surface area contributed by atoms with Crippen LogP contribution >= 0.6 is 0 Å². The van der Waals surface area contributed by atoms with E-state index in [0.29, 0.717) is 5.92 Å². The van der Waals surface area contributed by atoms with Crippen LogP contribution in [0.5, 0.6) is 0 Å². The molecule has 1 N–H and O–H groups in total. The van der Waals surface area contributed by atoms with Gasteiger partial charge < -0.3 is 9.67 Å². The van der Waals surface area contributed by atoms with E-state index in [1.165, 1.54) is 0 Å². The molecule has 0 aliphatic rings. The molecular weight excluding hydrogens is 128 g/mol. The highest BCUT2D eigenvalue weighted by molar-refractivity contribution is 4.96. The summed E-state index contributed by atoms with van der Waals surface area (Å²) in [5.41, 5.74) is 0. The molecule has 0 saturated heterocycles. The van der Waals surface area contributed by atoms with E-state index in [1.54, 1.807) is 17.0 Å². The van der Waals surface area contributed by atoms with Gasteiger partial charge in [0.2, 0.25) is 0 Å². The van der Waals surface area contributed by atoms with Crippen molar-refractivity contribution in [2.45, 2.75) is 26.5 Å². The van der Waals surface area contributed by atoms with Crippen LogP contribution in [0.15, 0.2) is 12.4 Å². The van der Waals surface area contributed by atoms with E-state index < -0.39 is 0 Å². The van der Waals surface area contributed by atoms with E-state index in [1.807, 2.05) is 0 Å². The maximum atomic E-state index is 8.78. The zero-order chi connectivity index (χ0) is 7.56. The fraction of sp³-hybridized carbons (Fsp3) is 0.571. The summed E-state index contributed by atoms with van der Waals surface area (Å²) in [6.45, 7) is 4.12. The van der Waals surface area contributed by atoms with Gasteiger partial charge in [0.15, 0.2) is 0 Å². The second-order valence-corrected chi connectivity index (χ2v) is 2.55. The Bertz CT molecular complexity index is 205. The average molecular weight is 140 g/mol. The Morgan fingerprint density at radius 2 is 2.40 bits per heavy atom. The highest BCUT2D eigenvalue weighted by Gasteiger charge is 2.04. The summed E-state index contributed by atoms with van der Waals surface area (Å²) in [6.07, 6.45) is 3.47. The first-order chi connectivity index (χ1) is 4.75. The lowest BCUT2D eigenvalue weighted by Gasteiger charge is -2.05. The molecule has 1 aromatic rings. The van der Waals surface area contributed by atoms with Crippen LogP contribution in [-0.2, 0) is 6.73 Å². The monoisotopic (exact) mass is 140 g/mol. The highest BCUT2D eigenvalue weighted by atomic mass is 16.3. The van der Waals surface area contributed by atoms with Crippen LogP contribution in [0.3, 0.4) is 0 Å². The van der Waals surface area contributed by atoms with Crippen LogP contribution in [0, 0.1) is 0 Å². The normalized spacial score (nSPS) is 10.8. The fourth-order valence-electron chi connectivity index (χ4n) is 0.941. The Labute approximate surface area is 60.3 Å². The quantitative estimate of drug-likeness (QED) is 0.664. The summed E-state index contributed by atoms with van der Waals surface area (Å²) in [7, 11) is 0. The van der Waals surface area contributed by atoms with Crippen LogP contribution in [0.4, 0.5) is 0 Å². The molecule has 0 saturated carbocycles. The molecule has 3 nitrogen and oxygen atoms in total. The van der Waals surface area contributed by atoms with Crippen molar-refractivity contribution in [1.82, 2.24) is 9.55 Å². The Hall–Kier alpha value is -0.830. The Morgan fingerprint density at radius 3 is 2.80 bits per heavy atom. The molecule has 0 aliphatic heterocycles. The molecule has 0 aromatic carbocycles. The molecule has 56 valence electrons. The first-order valence-corrected chi connectivity index (χ1v) is 3.37. The third kappa shape index (κ3) is 1.19. The zero-order valence-corrected chi connectivity index (χ0v) is 6.28. The largest absolute Gasteiger partial charge is 0.376 e. The van der Waals surface area contributed by atoms with E-state index in [-0.39, 0.29) is 6.73 Å². The van der Waals surface area contributed by atoms with Gasteiger partial charge in [0, 0.05) is 18.3 Å². The zero-order valence-electron chi connectivity index (χ0n) is 6.28. The maximum absolute atomic E-state index is 8.78. The van der Waals surface area contributed by atoms with E-state index in [2.05, 4.69) is 18.8 Å². The highest BCUT2D eigenvalue weighted by Crippen LogP contribution is 2.10. The van der Waals surface area contributed by atoms with Crippen LogP contribution in [0.25, 0.3) is 0 Å². The summed E-state index contributed by atoms with van der Waals surface area (Å²) < 4.78 is 1.73. The second kappa shape index (κ2) is 2.84. The van der Waals surface area contributed by atoms with Crippen LogP contribution < -0.4 is 0 Å². The van der Waals surface area contributed by atoms with Crippen LogP contribution in [-0.4, -0.2) is 14.7 Å². The van der Waals surface area contributed by atoms with Crippen molar-refractivity contribution in [2.75, 3.05) is 0 Å². The van der Waals surface area contributed by atoms with Gasteiger partial charge in [-0.3, -0.25) is 0 Å². The molecule has 0 fully saturated rings. The second-order valence-electron chi connectivity index (χ2n) is 2.55. The number of aliphatic hydroxyl groups excluding tert-OH is 1. The van der Waals surface area contributed by atoms with E-state index in [4.69, 9.17) is 5.11 Å². The molecule has 0 atom stereocenters. The van der Waals surface area contributed by atoms with Crippen molar-refractivity contribution in [2.24, 2.45) is 0 Å². The molecule has 1 heterocycles. The van der Waals surface area contributed by atoms with Gasteiger partial charge in [-0.2, -0.15) is 0 Å². The van der Waals surface area contributed by atoms with Crippen LogP contribution in [0.2, 0.25) is 0 Å². The molecule has 0 aliphatic carbocycles. The number of aromatic nitrogens is 2. The fourth-order valence-corrected chi connectivity index (χ4v) is 0.941.